The summed E-state index contributed by atoms with van der Waals surface area (Å²) >= 11 is 1.60. The Hall–Kier alpha value is -0.360. The first-order chi connectivity index (χ1) is 9.48. The normalized spacial score (nSPS) is 23.7. The van der Waals surface area contributed by atoms with Crippen molar-refractivity contribution in [3.8, 4) is 0 Å². The molecule has 1 saturated carbocycles. The van der Waals surface area contributed by atoms with Gasteiger partial charge in [0.15, 0.2) is 5.13 Å². The maximum absolute atomic E-state index is 5.85. The molecule has 1 aliphatic carbocycles. The topological polar surface area (TPSA) is 51.4 Å². The summed E-state index contributed by atoms with van der Waals surface area (Å²) in [6, 6.07) is 0.585. The lowest BCUT2D eigenvalue weighted by molar-refractivity contribution is -0.151. The van der Waals surface area contributed by atoms with Gasteiger partial charge in [-0.15, -0.1) is 23.7 Å². The van der Waals surface area contributed by atoms with Gasteiger partial charge in [-0.05, 0) is 26.3 Å². The highest BCUT2D eigenvalue weighted by molar-refractivity contribution is 7.15. The molecule has 2 rings (SSSR count). The number of hydrogen-bond acceptors (Lipinski definition) is 5. The van der Waals surface area contributed by atoms with E-state index in [-0.39, 0.29) is 17.8 Å². The summed E-state index contributed by atoms with van der Waals surface area (Å²) in [6.07, 6.45) is 4.60. The van der Waals surface area contributed by atoms with Crippen molar-refractivity contribution >= 4 is 28.9 Å². The number of thiazole rings is 1. The zero-order valence-corrected chi connectivity index (χ0v) is 15.1. The van der Waals surface area contributed by atoms with E-state index in [4.69, 9.17) is 10.5 Å². The number of hydrogen-bond donors (Lipinski definition) is 1. The van der Waals surface area contributed by atoms with Crippen LogP contribution in [0.2, 0.25) is 0 Å². The third-order valence-corrected chi connectivity index (χ3v) is 5.19. The molecule has 0 aromatic carbocycles. The summed E-state index contributed by atoms with van der Waals surface area (Å²) in [5.41, 5.74) is 5.96. The van der Waals surface area contributed by atoms with Crippen LogP contribution in [0.3, 0.4) is 0 Å². The third kappa shape index (κ3) is 4.09. The fraction of sp³-hybridized carbons (Fsp3) is 0.800. The molecular weight excluding hydrogens is 306 g/mol. The Morgan fingerprint density at radius 2 is 2.19 bits per heavy atom. The van der Waals surface area contributed by atoms with E-state index in [0.717, 1.165) is 26.1 Å². The number of anilines is 1. The second-order valence-electron chi connectivity index (χ2n) is 6.15. The Morgan fingerprint density at radius 1 is 1.48 bits per heavy atom. The maximum Gasteiger partial charge on any atom is 0.180 e. The molecular formula is C15H28ClN3OS. The Kier molecular flexibility index (Phi) is 6.91. The van der Waals surface area contributed by atoms with Crippen LogP contribution >= 0.6 is 23.7 Å². The third-order valence-electron chi connectivity index (χ3n) is 4.38. The van der Waals surface area contributed by atoms with E-state index in [1.54, 1.807) is 11.3 Å². The van der Waals surface area contributed by atoms with Crippen LogP contribution in [-0.4, -0.2) is 35.2 Å². The maximum atomic E-state index is 5.85. The van der Waals surface area contributed by atoms with Crippen LogP contribution in [-0.2, 0) is 11.3 Å². The van der Waals surface area contributed by atoms with Gasteiger partial charge in [0.25, 0.3) is 0 Å². The number of nitrogens with zero attached hydrogens (tertiary/aromatic N) is 2. The molecule has 1 aromatic heterocycles. The van der Waals surface area contributed by atoms with Gasteiger partial charge < -0.3 is 10.5 Å². The van der Waals surface area contributed by atoms with Crippen molar-refractivity contribution in [1.82, 2.24) is 9.88 Å². The fourth-order valence-corrected chi connectivity index (χ4v) is 3.91. The van der Waals surface area contributed by atoms with Crippen molar-refractivity contribution < 1.29 is 4.74 Å². The molecule has 21 heavy (non-hydrogen) atoms. The van der Waals surface area contributed by atoms with Crippen LogP contribution < -0.4 is 5.73 Å². The molecule has 1 aromatic rings. The Morgan fingerprint density at radius 3 is 2.67 bits per heavy atom. The lowest BCUT2D eigenvalue weighted by Gasteiger charge is -2.56. The molecule has 2 unspecified atom stereocenters. The summed E-state index contributed by atoms with van der Waals surface area (Å²) in [5.74, 6) is 0. The average Bonchev–Trinajstić information content (AvgIpc) is 2.79. The van der Waals surface area contributed by atoms with Crippen LogP contribution in [0.4, 0.5) is 5.13 Å². The molecule has 1 fully saturated rings. The smallest absolute Gasteiger partial charge is 0.180 e. The van der Waals surface area contributed by atoms with Crippen molar-refractivity contribution in [1.29, 1.82) is 0 Å². The highest BCUT2D eigenvalue weighted by atomic mass is 35.5. The summed E-state index contributed by atoms with van der Waals surface area (Å²) in [5, 5.41) is 0.663. The van der Waals surface area contributed by atoms with Gasteiger partial charge in [0.05, 0.1) is 6.10 Å². The van der Waals surface area contributed by atoms with E-state index < -0.39 is 0 Å². The second-order valence-corrected chi connectivity index (χ2v) is 7.30. The summed E-state index contributed by atoms with van der Waals surface area (Å²) in [4.78, 5) is 7.99. The molecule has 0 radical (unpaired) electrons. The molecule has 2 N–H and O–H groups in total. The second kappa shape index (κ2) is 7.77. The van der Waals surface area contributed by atoms with E-state index in [1.807, 2.05) is 6.20 Å². The molecule has 1 aliphatic rings. The molecule has 0 spiro atoms. The molecule has 1 heterocycles. The van der Waals surface area contributed by atoms with Gasteiger partial charge >= 0.3 is 0 Å². The van der Waals surface area contributed by atoms with Crippen molar-refractivity contribution in [2.24, 2.45) is 5.41 Å². The van der Waals surface area contributed by atoms with Gasteiger partial charge in [0, 0.05) is 35.7 Å². The number of ether oxygens (including phenoxy) is 1. The Balaban J connectivity index is 0.00000220. The minimum absolute atomic E-state index is 0. The van der Waals surface area contributed by atoms with Crippen molar-refractivity contribution in [2.45, 2.75) is 59.2 Å². The van der Waals surface area contributed by atoms with E-state index in [0.29, 0.717) is 17.3 Å². The lowest BCUT2D eigenvalue weighted by atomic mass is 9.63. The molecule has 0 saturated heterocycles. The SMILES string of the molecule is CCCN(Cc1cnc(N)s1)C1CC(OCC)C1(C)C.Cl. The van der Waals surface area contributed by atoms with Gasteiger partial charge in [0.1, 0.15) is 0 Å². The fourth-order valence-electron chi connectivity index (χ4n) is 3.20. The van der Waals surface area contributed by atoms with Crippen LogP contribution in [0.5, 0.6) is 0 Å². The van der Waals surface area contributed by atoms with Crippen molar-refractivity contribution in [2.75, 3.05) is 18.9 Å². The quantitative estimate of drug-likeness (QED) is 0.828. The largest absolute Gasteiger partial charge is 0.378 e. The standard InChI is InChI=1S/C15H27N3OS.ClH/c1-5-7-18(10-11-9-17-14(16)20-11)12-8-13(19-6-2)15(12,3)4;/h9,12-13H,5-8,10H2,1-4H3,(H2,16,17);1H. The molecule has 2 atom stereocenters. The first kappa shape index (κ1) is 18.7. The van der Waals surface area contributed by atoms with E-state index in [1.165, 1.54) is 11.3 Å². The molecule has 4 nitrogen and oxygen atoms in total. The Bertz CT molecular complexity index is 438. The van der Waals surface area contributed by atoms with Crippen LogP contribution in [0.1, 0.15) is 45.4 Å². The zero-order valence-electron chi connectivity index (χ0n) is 13.5. The lowest BCUT2D eigenvalue weighted by Crippen LogP contribution is -2.61. The molecule has 0 bridgehead atoms. The molecule has 0 aliphatic heterocycles. The number of aromatic nitrogens is 1. The first-order valence-electron chi connectivity index (χ1n) is 7.54. The monoisotopic (exact) mass is 333 g/mol. The highest BCUT2D eigenvalue weighted by Gasteiger charge is 2.51. The predicted octanol–water partition coefficient (Wildman–Crippen LogP) is 3.56. The van der Waals surface area contributed by atoms with Crippen LogP contribution in [0.25, 0.3) is 0 Å². The predicted molar refractivity (Wildman–Crippen MR) is 92.1 cm³/mol. The van der Waals surface area contributed by atoms with E-state index in [9.17, 15) is 0 Å². The van der Waals surface area contributed by atoms with Gasteiger partial charge in [-0.2, -0.15) is 0 Å². The van der Waals surface area contributed by atoms with Crippen molar-refractivity contribution in [3.63, 3.8) is 0 Å². The average molecular weight is 334 g/mol. The van der Waals surface area contributed by atoms with Gasteiger partial charge in [-0.1, -0.05) is 20.8 Å². The van der Waals surface area contributed by atoms with Gasteiger partial charge in [-0.3, -0.25) is 4.90 Å². The van der Waals surface area contributed by atoms with E-state index >= 15 is 0 Å². The summed E-state index contributed by atoms with van der Waals surface area (Å²) in [7, 11) is 0. The van der Waals surface area contributed by atoms with E-state index in [2.05, 4.69) is 37.6 Å². The summed E-state index contributed by atoms with van der Waals surface area (Å²) < 4.78 is 5.85. The number of nitrogens with two attached hydrogens (primary N) is 1. The first-order valence-corrected chi connectivity index (χ1v) is 8.36. The molecule has 0 amide bonds. The summed E-state index contributed by atoms with van der Waals surface area (Å²) in [6.45, 7) is 11.8. The van der Waals surface area contributed by atoms with Gasteiger partial charge in [-0.25, -0.2) is 4.98 Å². The minimum atomic E-state index is 0. The number of rotatable bonds is 7. The number of nitrogen functional groups attached to an aromatic ring is 1. The minimum Gasteiger partial charge on any atom is -0.378 e. The number of halogens is 1. The highest BCUT2D eigenvalue weighted by Crippen LogP contribution is 2.46. The molecule has 122 valence electrons. The van der Waals surface area contributed by atoms with Crippen LogP contribution in [0.15, 0.2) is 6.20 Å². The Labute approximate surface area is 138 Å². The molecule has 6 heteroatoms. The van der Waals surface area contributed by atoms with Crippen LogP contribution in [0, 0.1) is 5.41 Å². The van der Waals surface area contributed by atoms with Crippen molar-refractivity contribution in [3.05, 3.63) is 11.1 Å². The van der Waals surface area contributed by atoms with Gasteiger partial charge in [0.2, 0.25) is 0 Å². The zero-order chi connectivity index (χ0) is 14.8.